The van der Waals surface area contributed by atoms with E-state index >= 15 is 0 Å². The van der Waals surface area contributed by atoms with Crippen LogP contribution >= 0.6 is 0 Å². The number of hydrogen-bond acceptors (Lipinski definition) is 0. The van der Waals surface area contributed by atoms with E-state index in [0.29, 0.717) is 0 Å². The second-order valence-corrected chi connectivity index (χ2v) is 8.73. The van der Waals surface area contributed by atoms with Gasteiger partial charge in [0.1, 0.15) is 0 Å². The molecular weight excluding hydrogens is 338 g/mol. The molecule has 3 aromatic rings. The van der Waals surface area contributed by atoms with Crippen LogP contribution in [0.15, 0.2) is 0 Å². The Morgan fingerprint density at radius 3 is 1.50 bits per heavy atom. The second-order valence-electron chi connectivity index (χ2n) is 8.73. The van der Waals surface area contributed by atoms with E-state index in [4.69, 9.17) is 0 Å². The summed E-state index contributed by atoms with van der Waals surface area (Å²) in [7, 11) is 2.16. The summed E-state index contributed by atoms with van der Waals surface area (Å²) in [6.45, 7) is 27.1. The van der Waals surface area contributed by atoms with E-state index in [1.807, 2.05) is 0 Å². The normalized spacial score (nSPS) is 12.8. The van der Waals surface area contributed by atoms with Gasteiger partial charge in [-0.2, -0.15) is 0 Å². The first-order valence-corrected chi connectivity index (χ1v) is 10.2. The number of benzene rings is 2. The second kappa shape index (κ2) is 6.65. The number of hydrogen-bond donors (Lipinski definition) is 0. The number of aromatic nitrogens is 1. The highest BCUT2D eigenvalue weighted by Gasteiger charge is 2.19. The molecule has 0 atom stereocenters. The Morgan fingerprint density at radius 2 is 1.00 bits per heavy atom. The van der Waals surface area contributed by atoms with E-state index in [1.165, 1.54) is 77.3 Å². The molecule has 0 aliphatic heterocycles. The van der Waals surface area contributed by atoms with Gasteiger partial charge in [-0.05, 0) is 130 Å². The summed E-state index contributed by atoms with van der Waals surface area (Å²) in [4.78, 5) is 0. The van der Waals surface area contributed by atoms with Crippen LogP contribution in [0.5, 0.6) is 0 Å². The van der Waals surface area contributed by atoms with Crippen LogP contribution < -0.4 is 10.6 Å². The molecule has 1 heteroatoms. The van der Waals surface area contributed by atoms with Crippen LogP contribution in [0.1, 0.15) is 62.6 Å². The Kier molecular flexibility index (Phi) is 4.86. The smallest absolute Gasteiger partial charge is 0.0523 e. The lowest BCUT2D eigenvalue weighted by Crippen LogP contribution is -2.28. The molecule has 148 valence electrons. The van der Waals surface area contributed by atoms with Crippen molar-refractivity contribution in [3.05, 3.63) is 66.2 Å². The van der Waals surface area contributed by atoms with Gasteiger partial charge in [0, 0.05) is 23.0 Å². The molecule has 0 saturated carbocycles. The fraction of sp³-hybridized carbons (Fsp3) is 0.407. The summed E-state index contributed by atoms with van der Waals surface area (Å²) in [6, 6.07) is 0. The maximum atomic E-state index is 4.51. The van der Waals surface area contributed by atoms with Gasteiger partial charge in [-0.15, -0.1) is 0 Å². The molecule has 0 aliphatic carbocycles. The molecular formula is C27H35N. The number of fused-ring (bicyclic) bond motifs is 1. The molecule has 0 saturated heterocycles. The van der Waals surface area contributed by atoms with Crippen molar-refractivity contribution in [3.63, 3.8) is 0 Å². The fourth-order valence-corrected chi connectivity index (χ4v) is 5.06. The molecule has 2 aromatic carbocycles. The maximum absolute atomic E-state index is 4.51. The number of rotatable bonds is 1. The maximum Gasteiger partial charge on any atom is 0.0523 e. The molecule has 0 spiro atoms. The van der Waals surface area contributed by atoms with Crippen molar-refractivity contribution in [1.29, 1.82) is 0 Å². The molecule has 0 amide bonds. The third kappa shape index (κ3) is 2.52. The van der Waals surface area contributed by atoms with Gasteiger partial charge >= 0.3 is 0 Å². The molecule has 0 unspecified atom stereocenters. The van der Waals surface area contributed by atoms with Crippen LogP contribution in [0.3, 0.4) is 0 Å². The van der Waals surface area contributed by atoms with Crippen molar-refractivity contribution in [2.75, 3.05) is 0 Å². The lowest BCUT2D eigenvalue weighted by atomic mass is 9.85. The minimum Gasteiger partial charge on any atom is -0.344 e. The summed E-state index contributed by atoms with van der Waals surface area (Å²) in [5, 5.41) is 3.80. The molecule has 1 heterocycles. The average Bonchev–Trinajstić information content (AvgIpc) is 2.92. The minimum atomic E-state index is 1.11. The zero-order valence-electron chi connectivity index (χ0n) is 19.7. The number of aryl methyl sites for hydroxylation is 3. The van der Waals surface area contributed by atoms with Crippen molar-refractivity contribution in [1.82, 2.24) is 4.57 Å². The third-order valence-electron chi connectivity index (χ3n) is 7.68. The van der Waals surface area contributed by atoms with E-state index in [1.54, 1.807) is 0 Å². The fourth-order valence-electron chi connectivity index (χ4n) is 5.06. The standard InChI is InChI=1S/C27H35N/c1-13-14(2)18(6)24(19(7)15(13)3)22(10)25-23(11)28(12)27-21(9)17(5)16(4)20(8)26(25)27/h11H2,1-10,12H3. The zero-order chi connectivity index (χ0) is 21.2. The van der Waals surface area contributed by atoms with Gasteiger partial charge in [-0.25, -0.2) is 0 Å². The lowest BCUT2D eigenvalue weighted by Gasteiger charge is -2.19. The largest absolute Gasteiger partial charge is 0.344 e. The SMILES string of the molecule is C=c1c(=C(C)c2c(C)c(C)c(C)c(C)c2C)c2c(C)c(C)c(C)c(C)c2n1C. The van der Waals surface area contributed by atoms with Crippen LogP contribution in [0.25, 0.3) is 23.1 Å². The van der Waals surface area contributed by atoms with Crippen LogP contribution in [-0.4, -0.2) is 4.57 Å². The Labute approximate surface area is 170 Å². The van der Waals surface area contributed by atoms with E-state index < -0.39 is 0 Å². The predicted octanol–water partition coefficient (Wildman–Crippen LogP) is 5.58. The Bertz CT molecular complexity index is 1230. The summed E-state index contributed by atoms with van der Waals surface area (Å²) in [6.07, 6.45) is 0. The monoisotopic (exact) mass is 373 g/mol. The Balaban J connectivity index is 2.69. The van der Waals surface area contributed by atoms with Crippen LogP contribution in [-0.2, 0) is 7.05 Å². The summed E-state index contributed by atoms with van der Waals surface area (Å²) < 4.78 is 2.29. The molecule has 28 heavy (non-hydrogen) atoms. The van der Waals surface area contributed by atoms with Gasteiger partial charge in [0.15, 0.2) is 0 Å². The first-order chi connectivity index (χ1) is 12.9. The van der Waals surface area contributed by atoms with E-state index in [2.05, 4.69) is 87.4 Å². The molecule has 0 bridgehead atoms. The Hall–Kier alpha value is -2.28. The highest BCUT2D eigenvalue weighted by atomic mass is 14.9. The van der Waals surface area contributed by atoms with Crippen molar-refractivity contribution in [2.24, 2.45) is 7.05 Å². The minimum absolute atomic E-state index is 1.11. The van der Waals surface area contributed by atoms with Crippen molar-refractivity contribution in [3.8, 4) is 0 Å². The summed E-state index contributed by atoms with van der Waals surface area (Å²) in [5.74, 6) is 0. The highest BCUT2D eigenvalue weighted by molar-refractivity contribution is 5.92. The summed E-state index contributed by atoms with van der Waals surface area (Å²) >= 11 is 0. The molecule has 1 aromatic heterocycles. The van der Waals surface area contributed by atoms with E-state index in [0.717, 1.165) is 5.35 Å². The van der Waals surface area contributed by atoms with Crippen LogP contribution in [0.4, 0.5) is 0 Å². The first kappa shape index (κ1) is 20.5. The van der Waals surface area contributed by atoms with Crippen molar-refractivity contribution in [2.45, 2.75) is 69.2 Å². The van der Waals surface area contributed by atoms with E-state index in [9.17, 15) is 0 Å². The van der Waals surface area contributed by atoms with Crippen molar-refractivity contribution >= 4 is 23.1 Å². The van der Waals surface area contributed by atoms with E-state index in [-0.39, 0.29) is 0 Å². The third-order valence-corrected chi connectivity index (χ3v) is 7.68. The highest BCUT2D eigenvalue weighted by Crippen LogP contribution is 2.31. The molecule has 0 N–H and O–H groups in total. The van der Waals surface area contributed by atoms with Gasteiger partial charge < -0.3 is 4.57 Å². The first-order valence-electron chi connectivity index (χ1n) is 10.2. The Morgan fingerprint density at radius 1 is 0.607 bits per heavy atom. The molecule has 3 rings (SSSR count). The molecule has 0 fully saturated rings. The quantitative estimate of drug-likeness (QED) is 0.524. The lowest BCUT2D eigenvalue weighted by molar-refractivity contribution is 0.921. The predicted molar refractivity (Wildman–Crippen MR) is 125 cm³/mol. The average molecular weight is 374 g/mol. The van der Waals surface area contributed by atoms with Gasteiger partial charge in [0.2, 0.25) is 0 Å². The summed E-state index contributed by atoms with van der Waals surface area (Å²) in [5.41, 5.74) is 16.6. The molecule has 1 nitrogen and oxygen atoms in total. The van der Waals surface area contributed by atoms with Crippen LogP contribution in [0.2, 0.25) is 0 Å². The van der Waals surface area contributed by atoms with Crippen LogP contribution in [0, 0.1) is 62.3 Å². The topological polar surface area (TPSA) is 4.93 Å². The molecule has 0 radical (unpaired) electrons. The zero-order valence-corrected chi connectivity index (χ0v) is 19.7. The van der Waals surface area contributed by atoms with Crippen molar-refractivity contribution < 1.29 is 0 Å². The van der Waals surface area contributed by atoms with Gasteiger partial charge in [0.05, 0.1) is 5.52 Å². The number of nitrogens with zero attached hydrogens (tertiary/aromatic N) is 1. The molecule has 0 aliphatic rings. The van der Waals surface area contributed by atoms with Gasteiger partial charge in [0.25, 0.3) is 0 Å². The van der Waals surface area contributed by atoms with Gasteiger partial charge in [-0.3, -0.25) is 0 Å². The van der Waals surface area contributed by atoms with Gasteiger partial charge in [-0.1, -0.05) is 6.58 Å².